The van der Waals surface area contributed by atoms with E-state index in [4.69, 9.17) is 0 Å². The van der Waals surface area contributed by atoms with Gasteiger partial charge in [-0.2, -0.15) is 0 Å². The number of benzene rings is 4. The Kier molecular flexibility index (Phi) is 3.61. The predicted molar refractivity (Wildman–Crippen MR) is 114 cm³/mol. The molecule has 0 amide bonds. The third-order valence-corrected chi connectivity index (χ3v) is 5.73. The van der Waals surface area contributed by atoms with Crippen LogP contribution in [0.3, 0.4) is 0 Å². The first kappa shape index (κ1) is 15.9. The fraction of sp³-hybridized carbons (Fsp3) is 0.0769. The molecule has 0 aromatic heterocycles. The van der Waals surface area contributed by atoms with E-state index in [-0.39, 0.29) is 5.41 Å². The Balaban J connectivity index is 1.69. The minimum absolute atomic E-state index is 0.151. The van der Waals surface area contributed by atoms with Gasteiger partial charge in [-0.05, 0) is 59.0 Å². The molecule has 1 nitrogen and oxygen atoms in total. The van der Waals surface area contributed by atoms with E-state index in [1.165, 1.54) is 27.8 Å². The van der Waals surface area contributed by atoms with Crippen LogP contribution >= 0.6 is 0 Å². The fourth-order valence-corrected chi connectivity index (χ4v) is 4.34. The van der Waals surface area contributed by atoms with E-state index in [0.717, 1.165) is 11.4 Å². The van der Waals surface area contributed by atoms with Crippen molar-refractivity contribution < 1.29 is 0 Å². The van der Waals surface area contributed by atoms with Crippen molar-refractivity contribution in [3.8, 4) is 11.1 Å². The third kappa shape index (κ3) is 2.47. The number of rotatable bonds is 3. The maximum absolute atomic E-state index is 3.55. The summed E-state index contributed by atoms with van der Waals surface area (Å²) in [4.78, 5) is 0. The first-order chi connectivity index (χ1) is 13.3. The van der Waals surface area contributed by atoms with Crippen molar-refractivity contribution in [2.24, 2.45) is 0 Å². The molecule has 0 radical (unpaired) electrons. The van der Waals surface area contributed by atoms with Gasteiger partial charge in [0.1, 0.15) is 0 Å². The van der Waals surface area contributed by atoms with Crippen LogP contribution in [0.4, 0.5) is 11.4 Å². The SMILES string of the molecule is CC1(c2ccccc2)c2ccccc2-c2ccc(Nc3ccccc3)cc21. The summed E-state index contributed by atoms with van der Waals surface area (Å²) in [7, 11) is 0. The Morgan fingerprint density at radius 2 is 1.19 bits per heavy atom. The summed E-state index contributed by atoms with van der Waals surface area (Å²) in [6, 6.07) is 36.7. The normalized spacial score (nSPS) is 17.2. The molecule has 0 saturated carbocycles. The van der Waals surface area contributed by atoms with Gasteiger partial charge in [-0.3, -0.25) is 0 Å². The molecule has 0 fully saturated rings. The van der Waals surface area contributed by atoms with E-state index in [2.05, 4.69) is 109 Å². The molecule has 1 heteroatoms. The van der Waals surface area contributed by atoms with Gasteiger partial charge in [-0.25, -0.2) is 0 Å². The van der Waals surface area contributed by atoms with E-state index < -0.39 is 0 Å². The summed E-state index contributed by atoms with van der Waals surface area (Å²) in [5, 5.41) is 3.55. The van der Waals surface area contributed by atoms with Crippen LogP contribution in [0, 0.1) is 0 Å². The van der Waals surface area contributed by atoms with Crippen molar-refractivity contribution >= 4 is 11.4 Å². The smallest absolute Gasteiger partial charge is 0.0436 e. The zero-order chi connectivity index (χ0) is 18.3. The van der Waals surface area contributed by atoms with E-state index >= 15 is 0 Å². The highest BCUT2D eigenvalue weighted by atomic mass is 14.9. The standard InChI is InChI=1S/C26H21N/c1-26(19-10-4-2-5-11-19)24-15-9-8-14-22(24)23-17-16-21(18-25(23)26)27-20-12-6-3-7-13-20/h2-18,27H,1H3. The van der Waals surface area contributed by atoms with Gasteiger partial charge in [0.15, 0.2) is 0 Å². The van der Waals surface area contributed by atoms with Gasteiger partial charge in [0.25, 0.3) is 0 Å². The number of nitrogens with one attached hydrogen (secondary N) is 1. The molecule has 1 aliphatic carbocycles. The Labute approximate surface area is 160 Å². The number of fused-ring (bicyclic) bond motifs is 3. The minimum Gasteiger partial charge on any atom is -0.356 e. The summed E-state index contributed by atoms with van der Waals surface area (Å²) < 4.78 is 0. The highest BCUT2D eigenvalue weighted by Gasteiger charge is 2.40. The second kappa shape index (κ2) is 6.14. The molecule has 1 N–H and O–H groups in total. The quantitative estimate of drug-likeness (QED) is 0.431. The van der Waals surface area contributed by atoms with Crippen LogP contribution in [0.1, 0.15) is 23.6 Å². The molecule has 1 unspecified atom stereocenters. The summed E-state index contributed by atoms with van der Waals surface area (Å²) in [6.07, 6.45) is 0. The van der Waals surface area contributed by atoms with Gasteiger partial charge >= 0.3 is 0 Å². The lowest BCUT2D eigenvalue weighted by Crippen LogP contribution is -2.22. The molecule has 5 rings (SSSR count). The van der Waals surface area contributed by atoms with Crippen molar-refractivity contribution in [3.63, 3.8) is 0 Å². The molecule has 0 spiro atoms. The number of para-hydroxylation sites is 1. The van der Waals surface area contributed by atoms with Crippen LogP contribution in [0.5, 0.6) is 0 Å². The molecule has 1 atom stereocenters. The number of anilines is 2. The zero-order valence-corrected chi connectivity index (χ0v) is 15.3. The van der Waals surface area contributed by atoms with E-state index in [1.54, 1.807) is 0 Å². The lowest BCUT2D eigenvalue weighted by molar-refractivity contribution is 0.714. The molecule has 0 aliphatic heterocycles. The largest absolute Gasteiger partial charge is 0.356 e. The highest BCUT2D eigenvalue weighted by Crippen LogP contribution is 2.52. The van der Waals surface area contributed by atoms with Crippen LogP contribution in [0.2, 0.25) is 0 Å². The van der Waals surface area contributed by atoms with Crippen molar-refractivity contribution in [2.45, 2.75) is 12.3 Å². The lowest BCUT2D eigenvalue weighted by atomic mass is 9.74. The maximum atomic E-state index is 3.55. The lowest BCUT2D eigenvalue weighted by Gasteiger charge is -2.28. The van der Waals surface area contributed by atoms with Gasteiger partial charge in [0, 0.05) is 16.8 Å². The summed E-state index contributed by atoms with van der Waals surface area (Å²) >= 11 is 0. The first-order valence-electron chi connectivity index (χ1n) is 9.39. The monoisotopic (exact) mass is 347 g/mol. The van der Waals surface area contributed by atoms with Gasteiger partial charge in [-0.1, -0.05) is 78.9 Å². The molecule has 1 aliphatic rings. The average molecular weight is 347 g/mol. The molecule has 4 aromatic carbocycles. The average Bonchev–Trinajstić information content (AvgIpc) is 2.99. The van der Waals surface area contributed by atoms with Gasteiger partial charge in [-0.15, -0.1) is 0 Å². The molecular formula is C26H21N. The first-order valence-corrected chi connectivity index (χ1v) is 9.39. The van der Waals surface area contributed by atoms with Crippen molar-refractivity contribution in [2.75, 3.05) is 5.32 Å². The molecule has 0 bridgehead atoms. The van der Waals surface area contributed by atoms with Crippen LogP contribution < -0.4 is 5.32 Å². The van der Waals surface area contributed by atoms with Gasteiger partial charge < -0.3 is 5.32 Å². The van der Waals surface area contributed by atoms with Crippen LogP contribution in [-0.2, 0) is 5.41 Å². The Morgan fingerprint density at radius 3 is 1.96 bits per heavy atom. The van der Waals surface area contributed by atoms with Crippen molar-refractivity contribution in [3.05, 3.63) is 120 Å². The molecular weight excluding hydrogens is 326 g/mol. The molecule has 0 saturated heterocycles. The van der Waals surface area contributed by atoms with Gasteiger partial charge in [0.2, 0.25) is 0 Å². The predicted octanol–water partition coefficient (Wildman–Crippen LogP) is 6.76. The minimum atomic E-state index is -0.151. The number of hydrogen-bond acceptors (Lipinski definition) is 1. The molecule has 0 heterocycles. The van der Waals surface area contributed by atoms with Crippen molar-refractivity contribution in [1.29, 1.82) is 0 Å². The Bertz CT molecular complexity index is 1100. The molecule has 130 valence electrons. The zero-order valence-electron chi connectivity index (χ0n) is 15.3. The Hall–Kier alpha value is -3.32. The van der Waals surface area contributed by atoms with E-state index in [9.17, 15) is 0 Å². The summed E-state index contributed by atoms with van der Waals surface area (Å²) in [5.74, 6) is 0. The second-order valence-electron chi connectivity index (χ2n) is 7.29. The molecule has 4 aromatic rings. The summed E-state index contributed by atoms with van der Waals surface area (Å²) in [6.45, 7) is 2.35. The van der Waals surface area contributed by atoms with Crippen molar-refractivity contribution in [1.82, 2.24) is 0 Å². The number of hydrogen-bond donors (Lipinski definition) is 1. The Morgan fingerprint density at radius 1 is 0.556 bits per heavy atom. The third-order valence-electron chi connectivity index (χ3n) is 5.73. The summed E-state index contributed by atoms with van der Waals surface area (Å²) in [5.41, 5.74) is 8.80. The molecule has 27 heavy (non-hydrogen) atoms. The van der Waals surface area contributed by atoms with Crippen LogP contribution in [0.15, 0.2) is 103 Å². The maximum Gasteiger partial charge on any atom is 0.0436 e. The van der Waals surface area contributed by atoms with Gasteiger partial charge in [0.05, 0.1) is 0 Å². The van der Waals surface area contributed by atoms with Crippen LogP contribution in [-0.4, -0.2) is 0 Å². The highest BCUT2D eigenvalue weighted by molar-refractivity contribution is 5.85. The van der Waals surface area contributed by atoms with E-state index in [0.29, 0.717) is 0 Å². The topological polar surface area (TPSA) is 12.0 Å². The van der Waals surface area contributed by atoms with Crippen LogP contribution in [0.25, 0.3) is 11.1 Å². The fourth-order valence-electron chi connectivity index (χ4n) is 4.34. The van der Waals surface area contributed by atoms with E-state index in [1.807, 2.05) is 6.07 Å². The second-order valence-corrected chi connectivity index (χ2v) is 7.29.